The van der Waals surface area contributed by atoms with Crippen LogP contribution in [0, 0.1) is 23.7 Å². The van der Waals surface area contributed by atoms with Gasteiger partial charge in [0.1, 0.15) is 30.8 Å². The minimum atomic E-state index is -1.09. The summed E-state index contributed by atoms with van der Waals surface area (Å²) >= 11 is 0. The van der Waals surface area contributed by atoms with E-state index in [-0.39, 0.29) is 37.4 Å². The first-order chi connectivity index (χ1) is 25.4. The maximum absolute atomic E-state index is 14.1. The number of amides is 6. The van der Waals surface area contributed by atoms with E-state index >= 15 is 0 Å². The standard InChI is InChI=1S/C38H70N8O8/c1-9-10-11-15-18-30(54-32(48)22-42-35(50)25(4)21-41-31(47)23-45(6)7)26(5)38(53)46(8)29(19-24(2)3)36(51)44-33(27-16-13-12-14-17-27)37(52)43-28(20-39)34(40)49/h24-30,33H,9-23,39H2,1-8H3,(H2,40,49)(H,41,47)(H,42,50)(H,43,52)(H,44,51)/t25-,26+,28-,29-,30-,33-/m0/s1. The van der Waals surface area contributed by atoms with E-state index in [1.54, 1.807) is 32.8 Å². The average molecular weight is 767 g/mol. The fraction of sp³-hybridized carbons (Fsp3) is 0.816. The highest BCUT2D eigenvalue weighted by Gasteiger charge is 2.38. The molecule has 0 spiro atoms. The van der Waals surface area contributed by atoms with Crippen LogP contribution in [0.3, 0.4) is 0 Å². The second kappa shape index (κ2) is 25.3. The third-order valence-corrected chi connectivity index (χ3v) is 9.90. The number of likely N-dealkylation sites (N-methyl/N-ethyl adjacent to an activating group) is 2. The van der Waals surface area contributed by atoms with Crippen LogP contribution >= 0.6 is 0 Å². The lowest BCUT2D eigenvalue weighted by molar-refractivity contribution is -0.158. The molecule has 0 aromatic carbocycles. The monoisotopic (exact) mass is 767 g/mol. The molecule has 0 unspecified atom stereocenters. The van der Waals surface area contributed by atoms with Crippen molar-refractivity contribution < 1.29 is 38.3 Å². The minimum absolute atomic E-state index is 0.000258. The Morgan fingerprint density at radius 2 is 1.48 bits per heavy atom. The number of carbonyl (C=O) groups excluding carboxylic acids is 7. The number of rotatable bonds is 25. The Morgan fingerprint density at radius 1 is 0.833 bits per heavy atom. The molecule has 1 aliphatic carbocycles. The van der Waals surface area contributed by atoms with Gasteiger partial charge in [0.15, 0.2) is 0 Å². The highest BCUT2D eigenvalue weighted by Crippen LogP contribution is 2.28. The fourth-order valence-electron chi connectivity index (χ4n) is 6.57. The van der Waals surface area contributed by atoms with Crippen LogP contribution in [0.5, 0.6) is 0 Å². The zero-order valence-electron chi connectivity index (χ0n) is 34.0. The topological polar surface area (TPSA) is 235 Å². The van der Waals surface area contributed by atoms with Crippen molar-refractivity contribution in [1.82, 2.24) is 31.1 Å². The van der Waals surface area contributed by atoms with Crippen LogP contribution < -0.4 is 32.7 Å². The molecule has 0 aliphatic heterocycles. The van der Waals surface area contributed by atoms with Gasteiger partial charge in [-0.15, -0.1) is 0 Å². The van der Waals surface area contributed by atoms with Gasteiger partial charge in [-0.05, 0) is 58.0 Å². The zero-order chi connectivity index (χ0) is 41.0. The molecule has 1 aliphatic rings. The predicted octanol–water partition coefficient (Wildman–Crippen LogP) is 0.802. The highest BCUT2D eigenvalue weighted by molar-refractivity contribution is 5.94. The van der Waals surface area contributed by atoms with Crippen LogP contribution in [0.25, 0.3) is 0 Å². The van der Waals surface area contributed by atoms with Crippen LogP contribution in [0.1, 0.15) is 105 Å². The fourth-order valence-corrected chi connectivity index (χ4v) is 6.57. The summed E-state index contributed by atoms with van der Waals surface area (Å²) in [5.41, 5.74) is 11.1. The molecule has 16 nitrogen and oxygen atoms in total. The summed E-state index contributed by atoms with van der Waals surface area (Å²) in [6, 6.07) is -3.00. The Balaban J connectivity index is 3.14. The van der Waals surface area contributed by atoms with Crippen LogP contribution in [-0.2, 0) is 38.3 Å². The number of carbonyl (C=O) groups is 7. The van der Waals surface area contributed by atoms with Gasteiger partial charge in [0.2, 0.25) is 35.4 Å². The molecule has 0 aromatic rings. The summed E-state index contributed by atoms with van der Waals surface area (Å²) in [5.74, 6) is -5.22. The smallest absolute Gasteiger partial charge is 0.325 e. The molecule has 0 bridgehead atoms. The molecule has 0 aromatic heterocycles. The van der Waals surface area contributed by atoms with Gasteiger partial charge in [-0.25, -0.2) is 0 Å². The molecule has 6 atom stereocenters. The molecule has 1 fully saturated rings. The van der Waals surface area contributed by atoms with Gasteiger partial charge in [-0.2, -0.15) is 0 Å². The SMILES string of the molecule is CCCCCC[C@H](OC(=O)CNC(=O)[C@@H](C)CNC(=O)CN(C)C)[C@@H](C)C(=O)N(C)[C@@H](CC(C)C)C(=O)N[C@H](C(=O)N[C@@H](CN)C(N)=O)C1CCCCC1. The van der Waals surface area contributed by atoms with E-state index in [2.05, 4.69) is 28.2 Å². The summed E-state index contributed by atoms with van der Waals surface area (Å²) in [6.07, 6.45) is 7.63. The van der Waals surface area contributed by atoms with E-state index in [1.165, 1.54) is 11.9 Å². The summed E-state index contributed by atoms with van der Waals surface area (Å²) < 4.78 is 5.82. The third-order valence-electron chi connectivity index (χ3n) is 9.90. The lowest BCUT2D eigenvalue weighted by Gasteiger charge is -2.36. The van der Waals surface area contributed by atoms with Gasteiger partial charge in [0.05, 0.1) is 18.4 Å². The van der Waals surface area contributed by atoms with Crippen molar-refractivity contribution in [2.24, 2.45) is 35.1 Å². The molecule has 16 heteroatoms. The Labute approximate surface area is 322 Å². The van der Waals surface area contributed by atoms with E-state index < -0.39 is 78.1 Å². The number of ether oxygens (including phenoxy) is 1. The van der Waals surface area contributed by atoms with Crippen molar-refractivity contribution in [1.29, 1.82) is 0 Å². The number of nitrogens with one attached hydrogen (secondary N) is 4. The van der Waals surface area contributed by atoms with Gasteiger partial charge < -0.3 is 47.3 Å². The Kier molecular flexibility index (Phi) is 22.6. The quantitative estimate of drug-likeness (QED) is 0.0565. The van der Waals surface area contributed by atoms with Crippen molar-refractivity contribution in [3.63, 3.8) is 0 Å². The van der Waals surface area contributed by atoms with Crippen LogP contribution in [0.2, 0.25) is 0 Å². The van der Waals surface area contributed by atoms with E-state index in [9.17, 15) is 33.6 Å². The maximum Gasteiger partial charge on any atom is 0.325 e. The second-order valence-corrected chi connectivity index (χ2v) is 15.5. The van der Waals surface area contributed by atoms with Crippen molar-refractivity contribution in [3.8, 4) is 0 Å². The lowest BCUT2D eigenvalue weighted by atomic mass is 9.83. The molecule has 0 radical (unpaired) electrons. The largest absolute Gasteiger partial charge is 0.460 e. The normalized spacial score (nSPS) is 16.6. The number of nitrogens with two attached hydrogens (primary N) is 2. The Bertz CT molecular complexity index is 1230. The van der Waals surface area contributed by atoms with Crippen molar-refractivity contribution in [3.05, 3.63) is 0 Å². The van der Waals surface area contributed by atoms with Gasteiger partial charge >= 0.3 is 5.97 Å². The van der Waals surface area contributed by atoms with Crippen molar-refractivity contribution in [2.45, 2.75) is 129 Å². The molecule has 0 heterocycles. The minimum Gasteiger partial charge on any atom is -0.460 e. The Morgan fingerprint density at radius 3 is 2.04 bits per heavy atom. The number of esters is 1. The van der Waals surface area contributed by atoms with Gasteiger partial charge in [-0.3, -0.25) is 33.6 Å². The molecule has 6 amide bonds. The summed E-state index contributed by atoms with van der Waals surface area (Å²) in [4.78, 5) is 94.3. The molecule has 1 rings (SSSR count). The molecule has 8 N–H and O–H groups in total. The van der Waals surface area contributed by atoms with Crippen LogP contribution in [0.4, 0.5) is 0 Å². The van der Waals surface area contributed by atoms with Crippen molar-refractivity contribution >= 4 is 41.4 Å². The van der Waals surface area contributed by atoms with Crippen molar-refractivity contribution in [2.75, 3.05) is 47.3 Å². The first-order valence-corrected chi connectivity index (χ1v) is 19.7. The highest BCUT2D eigenvalue weighted by atomic mass is 16.5. The zero-order valence-corrected chi connectivity index (χ0v) is 34.0. The second-order valence-electron chi connectivity index (χ2n) is 15.5. The Hall–Kier alpha value is -3.79. The van der Waals surface area contributed by atoms with E-state index in [1.807, 2.05) is 13.8 Å². The molecular weight excluding hydrogens is 696 g/mol. The number of hydrogen-bond donors (Lipinski definition) is 6. The number of primary amides is 1. The van der Waals surface area contributed by atoms with E-state index in [0.29, 0.717) is 32.1 Å². The molecule has 54 heavy (non-hydrogen) atoms. The molecule has 0 saturated heterocycles. The maximum atomic E-state index is 14.1. The first-order valence-electron chi connectivity index (χ1n) is 19.7. The summed E-state index contributed by atoms with van der Waals surface area (Å²) in [6.45, 7) is 8.90. The van der Waals surface area contributed by atoms with E-state index in [4.69, 9.17) is 16.2 Å². The number of unbranched alkanes of at least 4 members (excludes halogenated alkanes) is 3. The molecular formula is C38H70N8O8. The molecule has 1 saturated carbocycles. The average Bonchev–Trinajstić information content (AvgIpc) is 3.12. The van der Waals surface area contributed by atoms with Gasteiger partial charge in [0.25, 0.3) is 0 Å². The van der Waals surface area contributed by atoms with Crippen LogP contribution in [-0.4, -0.2) is 123 Å². The third kappa shape index (κ3) is 17.6. The number of nitrogens with zero attached hydrogens (tertiary/aromatic N) is 2. The van der Waals surface area contributed by atoms with Crippen LogP contribution in [0.15, 0.2) is 0 Å². The predicted molar refractivity (Wildman–Crippen MR) is 206 cm³/mol. The summed E-state index contributed by atoms with van der Waals surface area (Å²) in [7, 11) is 5.06. The summed E-state index contributed by atoms with van der Waals surface area (Å²) in [5, 5.41) is 10.8. The lowest BCUT2D eigenvalue weighted by Crippen LogP contribution is -2.60. The van der Waals surface area contributed by atoms with Gasteiger partial charge in [0, 0.05) is 20.1 Å². The molecule has 310 valence electrons. The van der Waals surface area contributed by atoms with Gasteiger partial charge in [-0.1, -0.05) is 73.1 Å². The van der Waals surface area contributed by atoms with E-state index in [0.717, 1.165) is 38.5 Å². The number of hydrogen-bond acceptors (Lipinski definition) is 10. The first kappa shape index (κ1) is 48.2.